The Hall–Kier alpha value is -0.260. The van der Waals surface area contributed by atoms with Crippen molar-refractivity contribution in [3.63, 3.8) is 0 Å². The molecular weight excluding hydrogens is 296 g/mol. The normalized spacial score (nSPS) is 13.3. The fraction of sp³-hybridized carbons (Fsp3) is 0.818. The minimum atomic E-state index is 1.25. The molecule has 0 fully saturated rings. The lowest BCUT2D eigenvalue weighted by atomic mass is 10.0. The molecule has 0 amide bonds. The van der Waals surface area contributed by atoms with Gasteiger partial charge in [-0.05, 0) is 24.3 Å². The minimum absolute atomic E-state index is 1.25. The summed E-state index contributed by atoms with van der Waals surface area (Å²) in [6.45, 7) is 2.30. The van der Waals surface area contributed by atoms with Crippen molar-refractivity contribution in [2.75, 3.05) is 0 Å². The van der Waals surface area contributed by atoms with Gasteiger partial charge in [0.2, 0.25) is 0 Å². The zero-order chi connectivity index (χ0) is 16.4. The van der Waals surface area contributed by atoms with Gasteiger partial charge in [0.25, 0.3) is 0 Å². The highest BCUT2D eigenvalue weighted by Gasteiger charge is 1.96. The van der Waals surface area contributed by atoms with Crippen LogP contribution in [0.5, 0.6) is 0 Å². The largest absolute Gasteiger partial charge is 0.133 e. The van der Waals surface area contributed by atoms with Gasteiger partial charge in [-0.1, -0.05) is 108 Å². The van der Waals surface area contributed by atoms with Crippen molar-refractivity contribution >= 4 is 16.4 Å². The number of allylic oxidation sites excluding steroid dienone is 2. The highest BCUT2D eigenvalue weighted by atomic mass is 32.1. The monoisotopic (exact) mass is 336 g/mol. The molecule has 0 aromatic rings. The van der Waals surface area contributed by atoms with Crippen LogP contribution >= 0.6 is 11.4 Å². The number of unbranched alkanes of at least 4 members (excludes halogenated alkanes) is 15. The van der Waals surface area contributed by atoms with E-state index < -0.39 is 0 Å². The third kappa shape index (κ3) is 13.8. The maximum Gasteiger partial charge on any atom is 0.000655 e. The van der Waals surface area contributed by atoms with Crippen molar-refractivity contribution in [3.8, 4) is 0 Å². The molecule has 0 radical (unpaired) electrons. The van der Waals surface area contributed by atoms with Gasteiger partial charge >= 0.3 is 0 Å². The highest BCUT2D eigenvalue weighted by Crippen LogP contribution is 2.16. The second-order valence-electron chi connectivity index (χ2n) is 7.14. The summed E-state index contributed by atoms with van der Waals surface area (Å²) in [7, 11) is 0. The van der Waals surface area contributed by atoms with Crippen LogP contribution in [-0.2, 0) is 0 Å². The average molecular weight is 337 g/mol. The van der Waals surface area contributed by atoms with Crippen molar-refractivity contribution in [1.82, 2.24) is 0 Å². The van der Waals surface area contributed by atoms with E-state index in [-0.39, 0.29) is 0 Å². The summed E-state index contributed by atoms with van der Waals surface area (Å²) < 4.78 is 0. The molecule has 0 atom stereocenters. The molecule has 23 heavy (non-hydrogen) atoms. The highest BCUT2D eigenvalue weighted by molar-refractivity contribution is 8.00. The van der Waals surface area contributed by atoms with E-state index in [0.29, 0.717) is 0 Å². The molecule has 1 heterocycles. The Balaban J connectivity index is 1.67. The van der Waals surface area contributed by atoms with Crippen LogP contribution in [0.15, 0.2) is 17.1 Å². The van der Waals surface area contributed by atoms with E-state index in [1.165, 1.54) is 126 Å². The maximum atomic E-state index is 3.39. The van der Waals surface area contributed by atoms with Crippen LogP contribution in [0, 0.1) is 0 Å². The zero-order valence-corrected chi connectivity index (χ0v) is 16.5. The molecule has 0 spiro atoms. The lowest BCUT2D eigenvalue weighted by Gasteiger charge is -2.03. The molecule has 1 heteroatoms. The third-order valence-electron chi connectivity index (χ3n) is 4.86. The Morgan fingerprint density at radius 2 is 1.09 bits per heavy atom. The van der Waals surface area contributed by atoms with Gasteiger partial charge in [-0.15, -0.1) is 11.4 Å². The first kappa shape index (κ1) is 20.8. The summed E-state index contributed by atoms with van der Waals surface area (Å²) in [6, 6.07) is 0. The first-order chi connectivity index (χ1) is 11.4. The van der Waals surface area contributed by atoms with Crippen LogP contribution in [0.4, 0.5) is 0 Å². The standard InChI is InChI=1S/C22H40S/c1-2-3-4-5-6-7-8-9-10-11-12-13-14-15-16-17-18-22-19-20-23-21-22/h19-20,23H,2-18H2,1H3. The second-order valence-corrected chi connectivity index (χ2v) is 7.92. The molecule has 1 rings (SSSR count). The number of rotatable bonds is 17. The molecule has 0 unspecified atom stereocenters. The van der Waals surface area contributed by atoms with E-state index in [0.717, 1.165) is 0 Å². The molecule has 1 aliphatic rings. The van der Waals surface area contributed by atoms with Crippen LogP contribution in [-0.4, -0.2) is 5.02 Å². The van der Waals surface area contributed by atoms with E-state index in [4.69, 9.17) is 0 Å². The van der Waals surface area contributed by atoms with Gasteiger partial charge in [0, 0.05) is 5.57 Å². The molecule has 0 nitrogen and oxygen atoms in total. The van der Waals surface area contributed by atoms with Crippen molar-refractivity contribution in [1.29, 1.82) is 0 Å². The van der Waals surface area contributed by atoms with Gasteiger partial charge in [0.1, 0.15) is 0 Å². The molecule has 1 aliphatic heterocycles. The maximum absolute atomic E-state index is 3.39. The predicted octanol–water partition coefficient (Wildman–Crippen LogP) is 7.96. The Kier molecular flexibility index (Phi) is 15.0. The van der Waals surface area contributed by atoms with E-state index in [1.807, 2.05) is 0 Å². The Morgan fingerprint density at radius 3 is 1.48 bits per heavy atom. The topological polar surface area (TPSA) is 0 Å². The summed E-state index contributed by atoms with van der Waals surface area (Å²) in [5, 5.41) is 5.58. The number of hydrogen-bond donors (Lipinski definition) is 1. The van der Waals surface area contributed by atoms with E-state index in [9.17, 15) is 0 Å². The summed E-state index contributed by atoms with van der Waals surface area (Å²) in [6.07, 6.45) is 26.7. The fourth-order valence-electron chi connectivity index (χ4n) is 3.29. The predicted molar refractivity (Wildman–Crippen MR) is 111 cm³/mol. The van der Waals surface area contributed by atoms with Gasteiger partial charge < -0.3 is 0 Å². The average Bonchev–Trinajstić information content (AvgIpc) is 3.08. The third-order valence-corrected chi connectivity index (χ3v) is 5.57. The van der Waals surface area contributed by atoms with E-state index in [2.05, 4.69) is 23.4 Å². The van der Waals surface area contributed by atoms with Gasteiger partial charge in [-0.25, -0.2) is 0 Å². The summed E-state index contributed by atoms with van der Waals surface area (Å²) in [5.74, 6) is 0. The van der Waals surface area contributed by atoms with Crippen molar-refractivity contribution in [2.24, 2.45) is 0 Å². The summed E-state index contributed by atoms with van der Waals surface area (Å²) >= 11 is 1.27. The molecule has 0 saturated carbocycles. The lowest BCUT2D eigenvalue weighted by Crippen LogP contribution is -1.84. The Bertz CT molecular complexity index is 347. The molecule has 0 saturated heterocycles. The molecular formula is C22H40S. The fourth-order valence-corrected chi connectivity index (χ4v) is 3.97. The number of hydrogen-bond acceptors (Lipinski definition) is 0. The van der Waals surface area contributed by atoms with E-state index in [1.54, 1.807) is 0 Å². The molecule has 0 aromatic heterocycles. The Labute approximate surface area is 149 Å². The van der Waals surface area contributed by atoms with E-state index >= 15 is 0 Å². The first-order valence-corrected chi connectivity index (χ1v) is 11.4. The molecule has 0 aromatic carbocycles. The number of thiol groups is 1. The van der Waals surface area contributed by atoms with Crippen LogP contribution < -0.4 is 0 Å². The lowest BCUT2D eigenvalue weighted by molar-refractivity contribution is 0.529. The van der Waals surface area contributed by atoms with Crippen LogP contribution in [0.1, 0.15) is 116 Å². The van der Waals surface area contributed by atoms with Gasteiger partial charge in [-0.3, -0.25) is 0 Å². The SMILES string of the molecule is CCCCCCCCCCCCCCCCCCC1=C=[SH]C=C1. The zero-order valence-electron chi connectivity index (χ0n) is 15.6. The Morgan fingerprint density at radius 1 is 0.652 bits per heavy atom. The molecule has 0 N–H and O–H groups in total. The van der Waals surface area contributed by atoms with Crippen molar-refractivity contribution < 1.29 is 0 Å². The minimum Gasteiger partial charge on any atom is -0.133 e. The van der Waals surface area contributed by atoms with Crippen molar-refractivity contribution in [3.05, 3.63) is 17.1 Å². The molecule has 134 valence electrons. The smallest absolute Gasteiger partial charge is 0.000655 e. The summed E-state index contributed by atoms with van der Waals surface area (Å²) in [4.78, 5) is 0. The van der Waals surface area contributed by atoms with Crippen LogP contribution in [0.25, 0.3) is 0 Å². The second kappa shape index (κ2) is 16.6. The molecule has 0 bridgehead atoms. The van der Waals surface area contributed by atoms with Gasteiger partial charge in [0.15, 0.2) is 0 Å². The summed E-state index contributed by atoms with van der Waals surface area (Å²) in [5.41, 5.74) is 1.44. The first-order valence-electron chi connectivity index (χ1n) is 10.4. The van der Waals surface area contributed by atoms with Gasteiger partial charge in [-0.2, -0.15) is 0 Å². The quantitative estimate of drug-likeness (QED) is 0.155. The van der Waals surface area contributed by atoms with Gasteiger partial charge in [0.05, 0.1) is 0 Å². The van der Waals surface area contributed by atoms with Crippen LogP contribution in [0.3, 0.4) is 0 Å². The van der Waals surface area contributed by atoms with Crippen LogP contribution in [0.2, 0.25) is 0 Å². The molecule has 0 aliphatic carbocycles. The van der Waals surface area contributed by atoms with Crippen molar-refractivity contribution in [2.45, 2.75) is 116 Å².